The van der Waals surface area contributed by atoms with Gasteiger partial charge in [0.1, 0.15) is 5.82 Å². The smallest absolute Gasteiger partial charge is 0.257 e. The van der Waals surface area contributed by atoms with E-state index >= 15 is 0 Å². The molecule has 3 rings (SSSR count). The Morgan fingerprint density at radius 1 is 1.23 bits per heavy atom. The number of hydrogen-bond acceptors (Lipinski definition) is 3. The number of nitrogens with one attached hydrogen (secondary N) is 1. The van der Waals surface area contributed by atoms with Gasteiger partial charge in [-0.15, -0.1) is 0 Å². The van der Waals surface area contributed by atoms with Gasteiger partial charge in [0.15, 0.2) is 0 Å². The molecule has 5 heteroatoms. The fourth-order valence-corrected chi connectivity index (χ4v) is 3.09. The van der Waals surface area contributed by atoms with Crippen LogP contribution in [0.1, 0.15) is 28.8 Å². The van der Waals surface area contributed by atoms with E-state index in [2.05, 4.69) is 31.1 Å². The topological polar surface area (TPSA) is 45.2 Å². The van der Waals surface area contributed by atoms with E-state index in [0.29, 0.717) is 5.56 Å². The van der Waals surface area contributed by atoms with Crippen LogP contribution in [0.4, 0.5) is 11.5 Å². The van der Waals surface area contributed by atoms with Gasteiger partial charge in [0.25, 0.3) is 5.91 Å². The second kappa shape index (κ2) is 6.48. The molecule has 114 valence electrons. The van der Waals surface area contributed by atoms with E-state index in [0.717, 1.165) is 34.6 Å². The van der Waals surface area contributed by atoms with Crippen molar-refractivity contribution in [1.82, 2.24) is 4.98 Å². The van der Waals surface area contributed by atoms with Gasteiger partial charge in [-0.2, -0.15) is 0 Å². The summed E-state index contributed by atoms with van der Waals surface area (Å²) in [4.78, 5) is 19.0. The molecule has 1 saturated heterocycles. The molecule has 0 bridgehead atoms. The van der Waals surface area contributed by atoms with E-state index in [-0.39, 0.29) is 5.91 Å². The molecule has 0 saturated carbocycles. The molecule has 0 aliphatic carbocycles. The largest absolute Gasteiger partial charge is 0.357 e. The summed E-state index contributed by atoms with van der Waals surface area (Å²) in [5.74, 6) is 0.819. The van der Waals surface area contributed by atoms with E-state index < -0.39 is 0 Å². The van der Waals surface area contributed by atoms with Crippen molar-refractivity contribution in [2.75, 3.05) is 23.3 Å². The normalized spacial score (nSPS) is 14.2. The lowest BCUT2D eigenvalue weighted by atomic mass is 10.2. The van der Waals surface area contributed by atoms with Gasteiger partial charge in [-0.3, -0.25) is 4.79 Å². The third-order valence-electron chi connectivity index (χ3n) is 3.88. The number of aromatic nitrogens is 1. The van der Waals surface area contributed by atoms with Crippen molar-refractivity contribution in [2.45, 2.75) is 19.8 Å². The summed E-state index contributed by atoms with van der Waals surface area (Å²) in [7, 11) is 0. The Morgan fingerprint density at radius 2 is 2.00 bits per heavy atom. The molecule has 0 radical (unpaired) electrons. The lowest BCUT2D eigenvalue weighted by molar-refractivity contribution is 0.102. The minimum atomic E-state index is -0.133. The van der Waals surface area contributed by atoms with Gasteiger partial charge in [-0.1, -0.05) is 15.9 Å². The van der Waals surface area contributed by atoms with Crippen LogP contribution in [0.3, 0.4) is 0 Å². The average Bonchev–Trinajstić information content (AvgIpc) is 3.04. The molecule has 1 aromatic carbocycles. The molecular formula is C17H18BrN3O. The SMILES string of the molecule is Cc1cc(Br)ccc1NC(=O)c1ccc(N2CCCC2)nc1. The molecule has 1 aromatic heterocycles. The fraction of sp³-hybridized carbons (Fsp3) is 0.294. The minimum absolute atomic E-state index is 0.133. The highest BCUT2D eigenvalue weighted by Crippen LogP contribution is 2.21. The molecule has 22 heavy (non-hydrogen) atoms. The predicted molar refractivity (Wildman–Crippen MR) is 92.5 cm³/mol. The Labute approximate surface area is 138 Å². The summed E-state index contributed by atoms with van der Waals surface area (Å²) in [6.07, 6.45) is 4.08. The Bertz CT molecular complexity index is 679. The third kappa shape index (κ3) is 3.30. The first-order chi connectivity index (χ1) is 10.6. The van der Waals surface area contributed by atoms with Crippen molar-refractivity contribution < 1.29 is 4.79 Å². The standard InChI is InChI=1S/C17H18BrN3O/c1-12-10-14(18)5-6-15(12)20-17(22)13-4-7-16(19-11-13)21-8-2-3-9-21/h4-7,10-11H,2-3,8-9H2,1H3,(H,20,22). The number of rotatable bonds is 3. The highest BCUT2D eigenvalue weighted by molar-refractivity contribution is 9.10. The molecule has 2 aromatic rings. The van der Waals surface area contributed by atoms with Crippen molar-refractivity contribution in [1.29, 1.82) is 0 Å². The van der Waals surface area contributed by atoms with E-state index in [1.165, 1.54) is 12.8 Å². The number of carbonyl (C=O) groups excluding carboxylic acids is 1. The first-order valence-corrected chi connectivity index (χ1v) is 8.21. The molecule has 4 nitrogen and oxygen atoms in total. The summed E-state index contributed by atoms with van der Waals surface area (Å²) in [5.41, 5.74) is 2.41. The Morgan fingerprint density at radius 3 is 2.64 bits per heavy atom. The minimum Gasteiger partial charge on any atom is -0.357 e. The van der Waals surface area contributed by atoms with Crippen LogP contribution in [0.15, 0.2) is 41.0 Å². The maximum absolute atomic E-state index is 12.3. The van der Waals surface area contributed by atoms with Crippen molar-refractivity contribution in [3.63, 3.8) is 0 Å². The molecule has 1 aliphatic heterocycles. The van der Waals surface area contributed by atoms with E-state index in [9.17, 15) is 4.79 Å². The first-order valence-electron chi connectivity index (χ1n) is 7.42. The van der Waals surface area contributed by atoms with E-state index in [1.807, 2.05) is 37.3 Å². The number of aryl methyl sites for hydroxylation is 1. The van der Waals surface area contributed by atoms with Gasteiger partial charge >= 0.3 is 0 Å². The maximum Gasteiger partial charge on any atom is 0.257 e. The highest BCUT2D eigenvalue weighted by Gasteiger charge is 2.14. The lowest BCUT2D eigenvalue weighted by Crippen LogP contribution is -2.19. The molecular weight excluding hydrogens is 342 g/mol. The number of pyridine rings is 1. The van der Waals surface area contributed by atoms with Crippen molar-refractivity contribution in [3.05, 3.63) is 52.1 Å². The number of carbonyl (C=O) groups is 1. The number of amides is 1. The Hall–Kier alpha value is -1.88. The summed E-state index contributed by atoms with van der Waals surface area (Å²) >= 11 is 3.42. The van der Waals surface area contributed by atoms with Gasteiger partial charge in [-0.25, -0.2) is 4.98 Å². The number of halogens is 1. The zero-order chi connectivity index (χ0) is 15.5. The molecule has 0 atom stereocenters. The molecule has 1 amide bonds. The van der Waals surface area contributed by atoms with Gasteiger partial charge in [0, 0.05) is 29.4 Å². The van der Waals surface area contributed by atoms with Crippen LogP contribution < -0.4 is 10.2 Å². The van der Waals surface area contributed by atoms with Crippen LogP contribution in [0.2, 0.25) is 0 Å². The average molecular weight is 360 g/mol. The van der Waals surface area contributed by atoms with Crippen LogP contribution in [0.5, 0.6) is 0 Å². The number of benzene rings is 1. The van der Waals surface area contributed by atoms with Crippen molar-refractivity contribution in [3.8, 4) is 0 Å². The second-order valence-electron chi connectivity index (χ2n) is 5.51. The number of nitrogens with zero attached hydrogens (tertiary/aromatic N) is 2. The molecule has 2 heterocycles. The Kier molecular flexibility index (Phi) is 4.43. The lowest BCUT2D eigenvalue weighted by Gasteiger charge is -2.16. The molecule has 0 spiro atoms. The summed E-state index contributed by atoms with van der Waals surface area (Å²) in [5, 5.41) is 2.93. The number of anilines is 2. The van der Waals surface area contributed by atoms with Crippen LogP contribution in [-0.2, 0) is 0 Å². The second-order valence-corrected chi connectivity index (χ2v) is 6.43. The fourth-order valence-electron chi connectivity index (χ4n) is 2.62. The van der Waals surface area contributed by atoms with Crippen LogP contribution >= 0.6 is 15.9 Å². The van der Waals surface area contributed by atoms with Crippen LogP contribution in [-0.4, -0.2) is 24.0 Å². The summed E-state index contributed by atoms with van der Waals surface area (Å²) < 4.78 is 1.000. The third-order valence-corrected chi connectivity index (χ3v) is 4.37. The molecule has 1 aliphatic rings. The monoisotopic (exact) mass is 359 g/mol. The highest BCUT2D eigenvalue weighted by atomic mass is 79.9. The van der Waals surface area contributed by atoms with Gasteiger partial charge in [0.2, 0.25) is 0 Å². The van der Waals surface area contributed by atoms with Gasteiger partial charge in [-0.05, 0) is 55.7 Å². The summed E-state index contributed by atoms with van der Waals surface area (Å²) in [6, 6.07) is 9.55. The summed E-state index contributed by atoms with van der Waals surface area (Å²) in [6.45, 7) is 4.07. The quantitative estimate of drug-likeness (QED) is 0.900. The molecule has 1 fully saturated rings. The van der Waals surface area contributed by atoms with Crippen molar-refractivity contribution in [2.24, 2.45) is 0 Å². The zero-order valence-corrected chi connectivity index (χ0v) is 14.1. The van der Waals surface area contributed by atoms with Gasteiger partial charge < -0.3 is 10.2 Å². The van der Waals surface area contributed by atoms with Gasteiger partial charge in [0.05, 0.1) is 5.56 Å². The molecule has 1 N–H and O–H groups in total. The van der Waals surface area contributed by atoms with Crippen molar-refractivity contribution >= 4 is 33.3 Å². The zero-order valence-electron chi connectivity index (χ0n) is 12.5. The first kappa shape index (κ1) is 15.0. The molecule has 0 unspecified atom stereocenters. The maximum atomic E-state index is 12.3. The Balaban J connectivity index is 1.71. The predicted octanol–water partition coefficient (Wildman–Crippen LogP) is 4.01. The van der Waals surface area contributed by atoms with E-state index in [1.54, 1.807) is 6.20 Å². The van der Waals surface area contributed by atoms with Crippen LogP contribution in [0, 0.1) is 6.92 Å². The van der Waals surface area contributed by atoms with E-state index in [4.69, 9.17) is 0 Å². The van der Waals surface area contributed by atoms with Crippen LogP contribution in [0.25, 0.3) is 0 Å². The number of hydrogen-bond donors (Lipinski definition) is 1.